The van der Waals surface area contributed by atoms with Crippen LogP contribution in [0.3, 0.4) is 0 Å². The minimum absolute atomic E-state index is 0.0497. The number of carbonyl (C=O) groups is 2. The number of nitrogens with zero attached hydrogens (tertiary/aromatic N) is 2. The Kier molecular flexibility index (Phi) is 5.55. The Hall–Kier alpha value is -1.88. The number of ether oxygens (including phenoxy) is 1. The third-order valence-electron chi connectivity index (χ3n) is 3.69. The predicted octanol–water partition coefficient (Wildman–Crippen LogP) is 2.35. The molecule has 0 unspecified atom stereocenters. The molecule has 0 N–H and O–H groups in total. The Morgan fingerprint density at radius 3 is 2.82 bits per heavy atom. The lowest BCUT2D eigenvalue weighted by molar-refractivity contribution is -0.121. The van der Waals surface area contributed by atoms with Gasteiger partial charge in [0.25, 0.3) is 5.91 Å². The van der Waals surface area contributed by atoms with Gasteiger partial charge < -0.3 is 14.5 Å². The minimum atomic E-state index is -0.0497. The molecule has 1 amide bonds. The van der Waals surface area contributed by atoms with Crippen molar-refractivity contribution in [2.75, 3.05) is 38.7 Å². The van der Waals surface area contributed by atoms with E-state index in [0.29, 0.717) is 24.3 Å². The molecule has 0 saturated carbocycles. The molecule has 0 fully saturated rings. The zero-order valence-corrected chi connectivity index (χ0v) is 13.6. The van der Waals surface area contributed by atoms with Crippen molar-refractivity contribution in [1.29, 1.82) is 0 Å². The number of benzene rings is 1. The number of anilines is 1. The molecule has 1 aliphatic heterocycles. The summed E-state index contributed by atoms with van der Waals surface area (Å²) >= 11 is 0. The summed E-state index contributed by atoms with van der Waals surface area (Å²) in [6.45, 7) is 3.60. The number of ketones is 1. The van der Waals surface area contributed by atoms with Crippen molar-refractivity contribution in [2.45, 2.75) is 26.2 Å². The van der Waals surface area contributed by atoms with Gasteiger partial charge in [0, 0.05) is 18.5 Å². The zero-order valence-electron chi connectivity index (χ0n) is 13.6. The van der Waals surface area contributed by atoms with E-state index in [-0.39, 0.29) is 18.3 Å². The first-order chi connectivity index (χ1) is 10.5. The van der Waals surface area contributed by atoms with Crippen molar-refractivity contribution in [1.82, 2.24) is 4.90 Å². The number of carbonyl (C=O) groups excluding carboxylic acids is 2. The quantitative estimate of drug-likeness (QED) is 0.726. The topological polar surface area (TPSA) is 49.9 Å². The molecule has 120 valence electrons. The number of hydrogen-bond donors (Lipinski definition) is 0. The van der Waals surface area contributed by atoms with E-state index in [4.69, 9.17) is 4.74 Å². The maximum absolute atomic E-state index is 12.1. The van der Waals surface area contributed by atoms with Crippen LogP contribution in [0.25, 0.3) is 0 Å². The maximum atomic E-state index is 12.1. The molecule has 5 heteroatoms. The van der Waals surface area contributed by atoms with Crippen LogP contribution < -0.4 is 9.64 Å². The van der Waals surface area contributed by atoms with Gasteiger partial charge in [0.2, 0.25) is 0 Å². The van der Waals surface area contributed by atoms with Crippen molar-refractivity contribution in [3.05, 3.63) is 23.8 Å². The SMILES string of the molecule is CCCC(=O)c1ccc2c(c1)N(CCCN(C)C)C(=O)CO2. The Labute approximate surface area is 131 Å². The highest BCUT2D eigenvalue weighted by Crippen LogP contribution is 2.33. The summed E-state index contributed by atoms with van der Waals surface area (Å²) in [6, 6.07) is 5.37. The molecular weight excluding hydrogens is 280 g/mol. The summed E-state index contributed by atoms with van der Waals surface area (Å²) < 4.78 is 5.48. The van der Waals surface area contributed by atoms with Crippen LogP contribution >= 0.6 is 0 Å². The summed E-state index contributed by atoms with van der Waals surface area (Å²) in [4.78, 5) is 28.0. The fourth-order valence-electron chi connectivity index (χ4n) is 2.54. The molecule has 1 aromatic rings. The number of hydrogen-bond acceptors (Lipinski definition) is 4. The zero-order chi connectivity index (χ0) is 16.1. The second-order valence-electron chi connectivity index (χ2n) is 5.85. The summed E-state index contributed by atoms with van der Waals surface area (Å²) in [5, 5.41) is 0. The first-order valence-electron chi connectivity index (χ1n) is 7.78. The molecule has 1 heterocycles. The normalized spacial score (nSPS) is 14.0. The summed E-state index contributed by atoms with van der Waals surface area (Å²) in [7, 11) is 4.02. The standard InChI is InChI=1S/C17H24N2O3/c1-4-6-15(20)13-7-8-16-14(11-13)19(17(21)12-22-16)10-5-9-18(2)3/h7-8,11H,4-6,9-10,12H2,1-3H3. The highest BCUT2D eigenvalue weighted by molar-refractivity contribution is 6.01. The van der Waals surface area contributed by atoms with Gasteiger partial charge in [-0.3, -0.25) is 9.59 Å². The number of fused-ring (bicyclic) bond motifs is 1. The molecule has 5 nitrogen and oxygen atoms in total. The fraction of sp³-hybridized carbons (Fsp3) is 0.529. The van der Waals surface area contributed by atoms with E-state index in [9.17, 15) is 9.59 Å². The van der Waals surface area contributed by atoms with E-state index in [1.807, 2.05) is 21.0 Å². The van der Waals surface area contributed by atoms with E-state index in [1.165, 1.54) is 0 Å². The molecule has 0 aromatic heterocycles. The van der Waals surface area contributed by atoms with Gasteiger partial charge in [0.15, 0.2) is 12.4 Å². The van der Waals surface area contributed by atoms with Crippen LogP contribution in [0.15, 0.2) is 18.2 Å². The van der Waals surface area contributed by atoms with Gasteiger partial charge >= 0.3 is 0 Å². The lowest BCUT2D eigenvalue weighted by Crippen LogP contribution is -2.40. The van der Waals surface area contributed by atoms with Crippen molar-refractivity contribution in [3.8, 4) is 5.75 Å². The molecule has 0 radical (unpaired) electrons. The van der Waals surface area contributed by atoms with Gasteiger partial charge in [0.05, 0.1) is 5.69 Å². The molecule has 0 bridgehead atoms. The maximum Gasteiger partial charge on any atom is 0.265 e. The number of amides is 1. The average molecular weight is 304 g/mol. The monoisotopic (exact) mass is 304 g/mol. The van der Waals surface area contributed by atoms with Crippen LogP contribution in [-0.2, 0) is 4.79 Å². The fourth-order valence-corrected chi connectivity index (χ4v) is 2.54. The Bertz CT molecular complexity index is 555. The smallest absolute Gasteiger partial charge is 0.265 e. The first kappa shape index (κ1) is 16.5. The van der Waals surface area contributed by atoms with Gasteiger partial charge in [-0.25, -0.2) is 0 Å². The molecule has 0 spiro atoms. The predicted molar refractivity (Wildman–Crippen MR) is 86.7 cm³/mol. The van der Waals surface area contributed by atoms with Crippen molar-refractivity contribution in [2.24, 2.45) is 0 Å². The molecule has 1 aliphatic rings. The van der Waals surface area contributed by atoms with E-state index < -0.39 is 0 Å². The molecule has 0 aliphatic carbocycles. The van der Waals surface area contributed by atoms with Crippen LogP contribution in [0.1, 0.15) is 36.5 Å². The van der Waals surface area contributed by atoms with Gasteiger partial charge in [-0.05, 0) is 51.7 Å². The Morgan fingerprint density at radius 2 is 2.14 bits per heavy atom. The third-order valence-corrected chi connectivity index (χ3v) is 3.69. The van der Waals surface area contributed by atoms with Crippen LogP contribution in [-0.4, -0.2) is 50.4 Å². The summed E-state index contributed by atoms with van der Waals surface area (Å²) in [6.07, 6.45) is 2.22. The van der Waals surface area contributed by atoms with Gasteiger partial charge in [-0.15, -0.1) is 0 Å². The highest BCUT2D eigenvalue weighted by Gasteiger charge is 2.26. The van der Waals surface area contributed by atoms with Crippen LogP contribution in [0.5, 0.6) is 5.75 Å². The molecule has 2 rings (SSSR count). The minimum Gasteiger partial charge on any atom is -0.482 e. The van der Waals surface area contributed by atoms with Crippen molar-refractivity contribution >= 4 is 17.4 Å². The second-order valence-corrected chi connectivity index (χ2v) is 5.85. The molecule has 1 aromatic carbocycles. The molecular formula is C17H24N2O3. The van der Waals surface area contributed by atoms with E-state index in [1.54, 1.807) is 23.1 Å². The molecule has 22 heavy (non-hydrogen) atoms. The van der Waals surface area contributed by atoms with Crippen LogP contribution in [0.2, 0.25) is 0 Å². The van der Waals surface area contributed by atoms with Crippen LogP contribution in [0.4, 0.5) is 5.69 Å². The Balaban J connectivity index is 2.21. The number of rotatable bonds is 7. The highest BCUT2D eigenvalue weighted by atomic mass is 16.5. The third kappa shape index (κ3) is 3.85. The van der Waals surface area contributed by atoms with Gasteiger partial charge in [-0.2, -0.15) is 0 Å². The lowest BCUT2D eigenvalue weighted by Gasteiger charge is -2.30. The van der Waals surface area contributed by atoms with E-state index in [2.05, 4.69) is 4.90 Å². The largest absolute Gasteiger partial charge is 0.482 e. The van der Waals surface area contributed by atoms with Crippen molar-refractivity contribution < 1.29 is 14.3 Å². The van der Waals surface area contributed by atoms with E-state index >= 15 is 0 Å². The summed E-state index contributed by atoms with van der Waals surface area (Å²) in [5.41, 5.74) is 1.37. The molecule has 0 atom stereocenters. The van der Waals surface area contributed by atoms with Gasteiger partial charge in [0.1, 0.15) is 5.75 Å². The van der Waals surface area contributed by atoms with Crippen LogP contribution in [0, 0.1) is 0 Å². The average Bonchev–Trinajstić information content (AvgIpc) is 2.49. The number of Topliss-reactive ketones (excluding diaryl/α,β-unsaturated/α-hetero) is 1. The van der Waals surface area contributed by atoms with Crippen molar-refractivity contribution in [3.63, 3.8) is 0 Å². The van der Waals surface area contributed by atoms with E-state index in [0.717, 1.165) is 25.1 Å². The lowest BCUT2D eigenvalue weighted by atomic mass is 10.0. The second kappa shape index (κ2) is 7.40. The van der Waals surface area contributed by atoms with Gasteiger partial charge in [-0.1, -0.05) is 6.92 Å². The first-order valence-corrected chi connectivity index (χ1v) is 7.78. The molecule has 0 saturated heterocycles. The Morgan fingerprint density at radius 1 is 1.36 bits per heavy atom. The summed E-state index contributed by atoms with van der Waals surface area (Å²) in [5.74, 6) is 0.736.